The lowest BCUT2D eigenvalue weighted by Gasteiger charge is -2.13. The molecule has 7 nitrogen and oxygen atoms in total. The number of carboxylic acids is 1. The Balaban J connectivity index is 2.72. The Hall–Kier alpha value is -2.88. The summed E-state index contributed by atoms with van der Waals surface area (Å²) in [5.74, 6) is -2.47. The van der Waals surface area contributed by atoms with Gasteiger partial charge in [-0.3, -0.25) is 9.59 Å². The van der Waals surface area contributed by atoms with E-state index in [-0.39, 0.29) is 18.4 Å². The van der Waals surface area contributed by atoms with E-state index < -0.39 is 23.8 Å². The van der Waals surface area contributed by atoms with Crippen LogP contribution >= 0.6 is 0 Å². The molecule has 0 bridgehead atoms. The first kappa shape index (κ1) is 15.2. The number of carbonyl (C=O) groups is 3. The molecule has 0 aromatic heterocycles. The third-order valence-corrected chi connectivity index (χ3v) is 2.56. The minimum atomic E-state index is -1.24. The molecule has 104 valence electrons. The van der Waals surface area contributed by atoms with Crippen molar-refractivity contribution in [1.82, 2.24) is 5.32 Å². The Morgan fingerprint density at radius 1 is 1.30 bits per heavy atom. The van der Waals surface area contributed by atoms with Crippen LogP contribution in [0.5, 0.6) is 0 Å². The van der Waals surface area contributed by atoms with Crippen molar-refractivity contribution in [2.75, 3.05) is 0 Å². The van der Waals surface area contributed by atoms with Gasteiger partial charge in [-0.05, 0) is 30.7 Å². The van der Waals surface area contributed by atoms with Crippen LogP contribution in [-0.2, 0) is 9.59 Å². The van der Waals surface area contributed by atoms with E-state index in [0.29, 0.717) is 5.56 Å². The first-order valence-electron chi connectivity index (χ1n) is 5.76. The van der Waals surface area contributed by atoms with Gasteiger partial charge in [-0.2, -0.15) is 5.26 Å². The number of hydrogen-bond donors (Lipinski definition) is 3. The molecule has 0 unspecified atom stereocenters. The molecule has 1 rings (SSSR count). The van der Waals surface area contributed by atoms with Crippen LogP contribution in [0, 0.1) is 11.3 Å². The lowest BCUT2D eigenvalue weighted by Crippen LogP contribution is -2.41. The molecule has 0 spiro atoms. The standard InChI is InChI=1S/C13H13N3O4/c14-7-8-1-3-9(4-2-8)12(18)16-10(13(19)20)5-6-11(15)17/h1-4,10H,5-6H2,(H2,15,17)(H,16,18)(H,19,20)/t10-/m0/s1. The van der Waals surface area contributed by atoms with Gasteiger partial charge in [0.05, 0.1) is 11.6 Å². The van der Waals surface area contributed by atoms with Gasteiger partial charge in [-0.25, -0.2) is 4.79 Å². The molecule has 1 atom stereocenters. The first-order valence-corrected chi connectivity index (χ1v) is 5.76. The van der Waals surface area contributed by atoms with Crippen LogP contribution in [0.4, 0.5) is 0 Å². The molecule has 0 radical (unpaired) electrons. The van der Waals surface area contributed by atoms with E-state index in [1.807, 2.05) is 6.07 Å². The molecule has 1 aromatic carbocycles. The fourth-order valence-corrected chi connectivity index (χ4v) is 1.48. The number of nitrogens with one attached hydrogen (secondary N) is 1. The molecule has 0 saturated carbocycles. The molecular weight excluding hydrogens is 262 g/mol. The molecule has 0 aliphatic heterocycles. The SMILES string of the molecule is N#Cc1ccc(C(=O)N[C@@H](CCC(N)=O)C(=O)O)cc1. The number of carbonyl (C=O) groups excluding carboxylic acids is 2. The summed E-state index contributed by atoms with van der Waals surface area (Å²) in [6, 6.07) is 6.46. The van der Waals surface area contributed by atoms with Crippen LogP contribution < -0.4 is 11.1 Å². The van der Waals surface area contributed by atoms with E-state index in [4.69, 9.17) is 16.1 Å². The predicted octanol–water partition coefficient (Wildman–Crippen LogP) is 0.00678. The minimum Gasteiger partial charge on any atom is -0.480 e. The van der Waals surface area contributed by atoms with Crippen molar-refractivity contribution >= 4 is 17.8 Å². The maximum Gasteiger partial charge on any atom is 0.326 e. The Kier molecular flexibility index (Phi) is 5.23. The van der Waals surface area contributed by atoms with Crippen molar-refractivity contribution in [3.63, 3.8) is 0 Å². The van der Waals surface area contributed by atoms with Crippen molar-refractivity contribution in [2.24, 2.45) is 5.73 Å². The van der Waals surface area contributed by atoms with Gasteiger partial charge >= 0.3 is 5.97 Å². The first-order chi connectivity index (χ1) is 9.43. The zero-order valence-corrected chi connectivity index (χ0v) is 10.5. The quantitative estimate of drug-likeness (QED) is 0.672. The number of amides is 2. The zero-order valence-electron chi connectivity index (χ0n) is 10.5. The average molecular weight is 275 g/mol. The Labute approximate surface area is 115 Å². The van der Waals surface area contributed by atoms with Gasteiger partial charge in [-0.1, -0.05) is 0 Å². The number of nitrogens with two attached hydrogens (primary N) is 1. The largest absolute Gasteiger partial charge is 0.480 e. The van der Waals surface area contributed by atoms with Gasteiger partial charge in [0.15, 0.2) is 0 Å². The third-order valence-electron chi connectivity index (χ3n) is 2.56. The molecule has 0 aliphatic rings. The molecule has 0 saturated heterocycles. The van der Waals surface area contributed by atoms with E-state index in [1.165, 1.54) is 24.3 Å². The van der Waals surface area contributed by atoms with Crippen LogP contribution in [0.15, 0.2) is 24.3 Å². The number of primary amides is 1. The third kappa shape index (κ3) is 4.42. The van der Waals surface area contributed by atoms with Gasteiger partial charge in [-0.15, -0.1) is 0 Å². The molecule has 0 aliphatic carbocycles. The van der Waals surface area contributed by atoms with E-state index in [9.17, 15) is 14.4 Å². The van der Waals surface area contributed by atoms with E-state index in [2.05, 4.69) is 5.32 Å². The van der Waals surface area contributed by atoms with Gasteiger partial charge in [0.25, 0.3) is 5.91 Å². The molecule has 7 heteroatoms. The van der Waals surface area contributed by atoms with Crippen molar-refractivity contribution < 1.29 is 19.5 Å². The Bertz CT molecular complexity index is 560. The monoisotopic (exact) mass is 275 g/mol. The zero-order chi connectivity index (χ0) is 15.1. The second-order valence-corrected chi connectivity index (χ2v) is 4.06. The normalized spacial score (nSPS) is 11.2. The lowest BCUT2D eigenvalue weighted by atomic mass is 10.1. The fraction of sp³-hybridized carbons (Fsp3) is 0.231. The fourth-order valence-electron chi connectivity index (χ4n) is 1.48. The van der Waals surface area contributed by atoms with Crippen LogP contribution in [-0.4, -0.2) is 28.9 Å². The van der Waals surface area contributed by atoms with Gasteiger partial charge < -0.3 is 16.2 Å². The number of nitriles is 1. The summed E-state index contributed by atoms with van der Waals surface area (Å²) < 4.78 is 0. The van der Waals surface area contributed by atoms with Gasteiger partial charge in [0, 0.05) is 12.0 Å². The smallest absolute Gasteiger partial charge is 0.326 e. The summed E-state index contributed by atoms with van der Waals surface area (Å²) in [7, 11) is 0. The van der Waals surface area contributed by atoms with Crippen LogP contribution in [0.1, 0.15) is 28.8 Å². The second-order valence-electron chi connectivity index (χ2n) is 4.06. The number of nitrogens with zero attached hydrogens (tertiary/aromatic N) is 1. The maximum absolute atomic E-state index is 11.8. The average Bonchev–Trinajstić information content (AvgIpc) is 2.42. The van der Waals surface area contributed by atoms with Crippen molar-refractivity contribution in [2.45, 2.75) is 18.9 Å². The summed E-state index contributed by atoms with van der Waals surface area (Å²) in [5.41, 5.74) is 5.56. The number of hydrogen-bond acceptors (Lipinski definition) is 4. The van der Waals surface area contributed by atoms with E-state index in [1.54, 1.807) is 0 Å². The van der Waals surface area contributed by atoms with Crippen LogP contribution in [0.25, 0.3) is 0 Å². The highest BCUT2D eigenvalue weighted by Crippen LogP contribution is 2.05. The van der Waals surface area contributed by atoms with Crippen molar-refractivity contribution in [3.8, 4) is 6.07 Å². The number of aliphatic carboxylic acids is 1. The Morgan fingerprint density at radius 3 is 2.35 bits per heavy atom. The number of carboxylic acid groups (broad SMARTS) is 1. The molecule has 0 heterocycles. The van der Waals surface area contributed by atoms with Crippen molar-refractivity contribution in [1.29, 1.82) is 5.26 Å². The van der Waals surface area contributed by atoms with E-state index in [0.717, 1.165) is 0 Å². The molecule has 2 amide bonds. The molecule has 4 N–H and O–H groups in total. The summed E-state index contributed by atoms with van der Waals surface area (Å²) in [4.78, 5) is 33.4. The second kappa shape index (κ2) is 6.89. The Morgan fingerprint density at radius 2 is 1.90 bits per heavy atom. The number of rotatable bonds is 6. The minimum absolute atomic E-state index is 0.0767. The highest BCUT2D eigenvalue weighted by molar-refractivity contribution is 5.96. The van der Waals surface area contributed by atoms with E-state index >= 15 is 0 Å². The summed E-state index contributed by atoms with van der Waals surface area (Å²) in [6.45, 7) is 0. The summed E-state index contributed by atoms with van der Waals surface area (Å²) in [6.07, 6.45) is -0.211. The lowest BCUT2D eigenvalue weighted by molar-refractivity contribution is -0.139. The highest BCUT2D eigenvalue weighted by atomic mass is 16.4. The molecule has 20 heavy (non-hydrogen) atoms. The summed E-state index contributed by atoms with van der Waals surface area (Å²) >= 11 is 0. The molecular formula is C13H13N3O4. The van der Waals surface area contributed by atoms with Gasteiger partial charge in [0.1, 0.15) is 6.04 Å². The van der Waals surface area contributed by atoms with Gasteiger partial charge in [0.2, 0.25) is 5.91 Å². The highest BCUT2D eigenvalue weighted by Gasteiger charge is 2.21. The van der Waals surface area contributed by atoms with Crippen molar-refractivity contribution in [3.05, 3.63) is 35.4 Å². The van der Waals surface area contributed by atoms with Crippen LogP contribution in [0.2, 0.25) is 0 Å². The number of benzene rings is 1. The maximum atomic E-state index is 11.8. The van der Waals surface area contributed by atoms with Crippen LogP contribution in [0.3, 0.4) is 0 Å². The molecule has 0 fully saturated rings. The molecule has 1 aromatic rings. The predicted molar refractivity (Wildman–Crippen MR) is 68.5 cm³/mol. The topological polar surface area (TPSA) is 133 Å². The summed E-state index contributed by atoms with van der Waals surface area (Å²) in [5, 5.41) is 19.9.